The SMILES string of the molecule is Cc1ccc(N2C[C@]3(C[C@@H](c4ccccc4)N(c4ccccc4)O3)C2=O)cc1. The van der Waals surface area contributed by atoms with E-state index < -0.39 is 5.60 Å². The van der Waals surface area contributed by atoms with E-state index in [0.717, 1.165) is 16.9 Å². The van der Waals surface area contributed by atoms with Gasteiger partial charge in [0.15, 0.2) is 5.60 Å². The lowest BCUT2D eigenvalue weighted by Crippen LogP contribution is -2.67. The van der Waals surface area contributed by atoms with E-state index in [9.17, 15) is 4.79 Å². The zero-order valence-electron chi connectivity index (χ0n) is 15.8. The maximum atomic E-state index is 13.2. The van der Waals surface area contributed by atoms with Gasteiger partial charge in [0.2, 0.25) is 0 Å². The fourth-order valence-corrected chi connectivity index (χ4v) is 4.12. The Morgan fingerprint density at radius 2 is 1.50 bits per heavy atom. The van der Waals surface area contributed by atoms with Crippen LogP contribution in [-0.2, 0) is 9.63 Å². The molecule has 2 aliphatic heterocycles. The molecule has 1 spiro atoms. The van der Waals surface area contributed by atoms with E-state index in [1.165, 1.54) is 5.56 Å². The van der Waals surface area contributed by atoms with Crippen LogP contribution in [0.2, 0.25) is 0 Å². The van der Waals surface area contributed by atoms with E-state index in [0.29, 0.717) is 13.0 Å². The van der Waals surface area contributed by atoms with Crippen LogP contribution >= 0.6 is 0 Å². The van der Waals surface area contributed by atoms with Crippen molar-refractivity contribution in [3.8, 4) is 0 Å². The van der Waals surface area contributed by atoms with Gasteiger partial charge < -0.3 is 4.90 Å². The van der Waals surface area contributed by atoms with E-state index in [4.69, 9.17) is 4.84 Å². The molecule has 0 bridgehead atoms. The molecule has 3 aromatic rings. The summed E-state index contributed by atoms with van der Waals surface area (Å²) < 4.78 is 0. The molecule has 2 fully saturated rings. The highest BCUT2D eigenvalue weighted by Crippen LogP contribution is 2.48. The first-order valence-electron chi connectivity index (χ1n) is 9.63. The number of hydrogen-bond donors (Lipinski definition) is 0. The molecule has 2 aliphatic rings. The number of hydroxylamine groups is 1. The van der Waals surface area contributed by atoms with E-state index in [2.05, 4.69) is 12.1 Å². The number of β-lactam (4-membered cyclic amide) rings is 1. The van der Waals surface area contributed by atoms with Crippen molar-refractivity contribution < 1.29 is 9.63 Å². The highest BCUT2D eigenvalue weighted by molar-refractivity contribution is 6.07. The predicted octanol–water partition coefficient (Wildman–Crippen LogP) is 4.66. The Kier molecular flexibility index (Phi) is 3.95. The lowest BCUT2D eigenvalue weighted by molar-refractivity contribution is -0.149. The Balaban J connectivity index is 1.46. The number of aryl methyl sites for hydroxylation is 1. The van der Waals surface area contributed by atoms with Gasteiger partial charge in [-0.3, -0.25) is 9.63 Å². The van der Waals surface area contributed by atoms with Crippen molar-refractivity contribution >= 4 is 17.3 Å². The van der Waals surface area contributed by atoms with Crippen molar-refractivity contribution in [1.29, 1.82) is 0 Å². The minimum Gasteiger partial charge on any atom is -0.306 e. The van der Waals surface area contributed by atoms with Crippen LogP contribution in [0.1, 0.15) is 23.6 Å². The third kappa shape index (κ3) is 2.69. The van der Waals surface area contributed by atoms with Crippen molar-refractivity contribution in [3.63, 3.8) is 0 Å². The smallest absolute Gasteiger partial charge is 0.264 e. The highest BCUT2D eigenvalue weighted by Gasteiger charge is 2.61. The van der Waals surface area contributed by atoms with Gasteiger partial charge in [-0.05, 0) is 36.8 Å². The summed E-state index contributed by atoms with van der Waals surface area (Å²) in [5.41, 5.74) is 3.45. The molecule has 0 aromatic heterocycles. The van der Waals surface area contributed by atoms with Gasteiger partial charge in [-0.2, -0.15) is 0 Å². The Hall–Kier alpha value is -3.11. The number of carbonyl (C=O) groups excluding carboxylic acids is 1. The molecule has 0 saturated carbocycles. The van der Waals surface area contributed by atoms with E-state index >= 15 is 0 Å². The van der Waals surface area contributed by atoms with Crippen LogP contribution in [0.3, 0.4) is 0 Å². The minimum atomic E-state index is -0.790. The summed E-state index contributed by atoms with van der Waals surface area (Å²) in [6.07, 6.45) is 0.646. The maximum absolute atomic E-state index is 13.2. The summed E-state index contributed by atoms with van der Waals surface area (Å²) in [4.78, 5) is 21.4. The number of hydrogen-bond acceptors (Lipinski definition) is 3. The molecule has 5 rings (SSSR count). The first kappa shape index (κ1) is 17.0. The number of anilines is 2. The molecule has 0 radical (unpaired) electrons. The maximum Gasteiger partial charge on any atom is 0.264 e. The fraction of sp³-hybridized carbons (Fsp3) is 0.208. The molecule has 4 heteroatoms. The molecule has 0 N–H and O–H groups in total. The zero-order chi connectivity index (χ0) is 19.1. The lowest BCUT2D eigenvalue weighted by Gasteiger charge is -2.45. The molecule has 4 nitrogen and oxygen atoms in total. The summed E-state index contributed by atoms with van der Waals surface area (Å²) in [6.45, 7) is 2.62. The van der Waals surface area contributed by atoms with Crippen LogP contribution in [0.15, 0.2) is 84.9 Å². The zero-order valence-corrected chi connectivity index (χ0v) is 15.8. The van der Waals surface area contributed by atoms with Gasteiger partial charge in [0.05, 0.1) is 18.3 Å². The van der Waals surface area contributed by atoms with E-state index in [1.807, 2.05) is 89.7 Å². The number of nitrogens with zero attached hydrogens (tertiary/aromatic N) is 2. The molecule has 28 heavy (non-hydrogen) atoms. The molecule has 3 aromatic carbocycles. The van der Waals surface area contributed by atoms with Crippen LogP contribution < -0.4 is 9.96 Å². The summed E-state index contributed by atoms with van der Waals surface area (Å²) in [6, 6.07) is 28.4. The van der Waals surface area contributed by atoms with E-state index in [1.54, 1.807) is 0 Å². The van der Waals surface area contributed by atoms with E-state index in [-0.39, 0.29) is 11.9 Å². The molecule has 2 heterocycles. The molecule has 0 unspecified atom stereocenters. The van der Waals surface area contributed by atoms with Gasteiger partial charge in [0, 0.05) is 12.1 Å². The molecule has 2 saturated heterocycles. The number of para-hydroxylation sites is 1. The third-order valence-corrected chi connectivity index (χ3v) is 5.67. The average molecular weight is 370 g/mol. The molecule has 140 valence electrons. The van der Waals surface area contributed by atoms with Gasteiger partial charge >= 0.3 is 0 Å². The second kappa shape index (κ2) is 6.50. The second-order valence-corrected chi connectivity index (χ2v) is 7.60. The summed E-state index contributed by atoms with van der Waals surface area (Å²) in [7, 11) is 0. The average Bonchev–Trinajstić information content (AvgIpc) is 3.17. The van der Waals surface area contributed by atoms with Crippen LogP contribution in [0.5, 0.6) is 0 Å². The quantitative estimate of drug-likeness (QED) is 0.629. The predicted molar refractivity (Wildman–Crippen MR) is 110 cm³/mol. The highest BCUT2D eigenvalue weighted by atomic mass is 16.7. The number of carbonyl (C=O) groups is 1. The summed E-state index contributed by atoms with van der Waals surface area (Å²) in [5, 5.41) is 1.92. The Bertz CT molecular complexity index is 939. The fourth-order valence-electron chi connectivity index (χ4n) is 4.12. The first-order chi connectivity index (χ1) is 13.7. The van der Waals surface area contributed by atoms with Crippen molar-refractivity contribution in [1.82, 2.24) is 0 Å². The molecular formula is C24H22N2O2. The summed E-state index contributed by atoms with van der Waals surface area (Å²) in [5.74, 6) is 0.0377. The Morgan fingerprint density at radius 3 is 2.14 bits per heavy atom. The summed E-state index contributed by atoms with van der Waals surface area (Å²) >= 11 is 0. The van der Waals surface area contributed by atoms with Crippen molar-refractivity contribution in [3.05, 3.63) is 96.1 Å². The van der Waals surface area contributed by atoms with Gasteiger partial charge in [0.25, 0.3) is 5.91 Å². The Morgan fingerprint density at radius 1 is 0.857 bits per heavy atom. The minimum absolute atomic E-state index is 0.00715. The van der Waals surface area contributed by atoms with Gasteiger partial charge in [-0.25, -0.2) is 5.06 Å². The van der Waals surface area contributed by atoms with Crippen LogP contribution in [-0.4, -0.2) is 18.1 Å². The lowest BCUT2D eigenvalue weighted by atomic mass is 9.84. The largest absolute Gasteiger partial charge is 0.306 e. The van der Waals surface area contributed by atoms with Gasteiger partial charge in [-0.1, -0.05) is 66.2 Å². The number of benzene rings is 3. The van der Waals surface area contributed by atoms with Crippen molar-refractivity contribution in [2.45, 2.75) is 25.0 Å². The van der Waals surface area contributed by atoms with Crippen LogP contribution in [0.25, 0.3) is 0 Å². The number of amides is 1. The van der Waals surface area contributed by atoms with Crippen molar-refractivity contribution in [2.24, 2.45) is 0 Å². The number of rotatable bonds is 3. The van der Waals surface area contributed by atoms with Gasteiger partial charge in [0.1, 0.15) is 0 Å². The normalized spacial score (nSPS) is 23.9. The van der Waals surface area contributed by atoms with Gasteiger partial charge in [-0.15, -0.1) is 0 Å². The van der Waals surface area contributed by atoms with Crippen LogP contribution in [0.4, 0.5) is 11.4 Å². The third-order valence-electron chi connectivity index (χ3n) is 5.67. The Labute approximate surface area is 164 Å². The molecule has 2 atom stereocenters. The van der Waals surface area contributed by atoms with Crippen molar-refractivity contribution in [2.75, 3.05) is 16.5 Å². The topological polar surface area (TPSA) is 32.8 Å². The second-order valence-electron chi connectivity index (χ2n) is 7.60. The van der Waals surface area contributed by atoms with Crippen LogP contribution in [0, 0.1) is 6.92 Å². The first-order valence-corrected chi connectivity index (χ1v) is 9.63. The molecular weight excluding hydrogens is 348 g/mol. The molecule has 0 aliphatic carbocycles. The molecule has 1 amide bonds. The monoisotopic (exact) mass is 370 g/mol. The standard InChI is InChI=1S/C24H22N2O2/c1-18-12-14-20(15-13-18)25-17-24(23(25)27)16-22(19-8-4-2-5-9-19)26(28-24)21-10-6-3-7-11-21/h2-15,22H,16-17H2,1H3/t22-,24+/m0/s1.